The topological polar surface area (TPSA) is 116 Å². The van der Waals surface area contributed by atoms with E-state index >= 15 is 0 Å². The van der Waals surface area contributed by atoms with E-state index in [0.29, 0.717) is 16.5 Å². The number of ether oxygens (including phenoxy) is 2. The highest BCUT2D eigenvalue weighted by atomic mass is 35.5. The summed E-state index contributed by atoms with van der Waals surface area (Å²) in [7, 11) is 1.57. The van der Waals surface area contributed by atoms with E-state index in [1.165, 1.54) is 0 Å². The minimum absolute atomic E-state index is 0.0269. The molecule has 7 heteroatoms. The number of rotatable bonds is 5. The molecule has 2 aromatic carbocycles. The third kappa shape index (κ3) is 3.75. The molecular formula is C27H23ClN4O2. The molecular weight excluding hydrogens is 448 g/mol. The maximum Gasteiger partial charge on any atom is 0.191 e. The van der Waals surface area contributed by atoms with Crippen LogP contribution in [0.1, 0.15) is 36.3 Å². The molecule has 0 aliphatic heterocycles. The number of benzene rings is 2. The Morgan fingerprint density at radius 2 is 1.88 bits per heavy atom. The van der Waals surface area contributed by atoms with Crippen molar-refractivity contribution in [1.82, 2.24) is 0 Å². The van der Waals surface area contributed by atoms with E-state index < -0.39 is 11.3 Å². The van der Waals surface area contributed by atoms with E-state index in [1.54, 1.807) is 19.2 Å². The van der Waals surface area contributed by atoms with Crippen molar-refractivity contribution < 1.29 is 9.47 Å². The summed E-state index contributed by atoms with van der Waals surface area (Å²) in [5.74, 6) is 0.463. The van der Waals surface area contributed by atoms with Gasteiger partial charge in [0.25, 0.3) is 0 Å². The van der Waals surface area contributed by atoms with E-state index in [2.05, 4.69) is 18.2 Å². The molecule has 34 heavy (non-hydrogen) atoms. The van der Waals surface area contributed by atoms with Crippen molar-refractivity contribution in [1.29, 1.82) is 15.8 Å². The predicted molar refractivity (Wildman–Crippen MR) is 127 cm³/mol. The Hall–Kier alpha value is -3.92. The number of nitrogens with two attached hydrogens (primary N) is 1. The van der Waals surface area contributed by atoms with Gasteiger partial charge < -0.3 is 15.2 Å². The molecule has 0 unspecified atom stereocenters. The average Bonchev–Trinajstić information content (AvgIpc) is 2.87. The molecule has 0 spiro atoms. The van der Waals surface area contributed by atoms with Crippen LogP contribution in [-0.2, 0) is 6.61 Å². The molecule has 2 aliphatic rings. The molecule has 2 N–H and O–H groups in total. The summed E-state index contributed by atoms with van der Waals surface area (Å²) < 4.78 is 11.5. The maximum absolute atomic E-state index is 10.2. The number of nitrogens with zero attached hydrogens (tertiary/aromatic N) is 3. The molecule has 0 radical (unpaired) electrons. The second-order valence-electron chi connectivity index (χ2n) is 8.40. The summed E-state index contributed by atoms with van der Waals surface area (Å²) in [5.41, 5.74) is 7.38. The van der Waals surface area contributed by atoms with Gasteiger partial charge >= 0.3 is 0 Å². The van der Waals surface area contributed by atoms with E-state index in [1.807, 2.05) is 36.4 Å². The van der Waals surface area contributed by atoms with Crippen LogP contribution in [0.3, 0.4) is 0 Å². The quantitative estimate of drug-likeness (QED) is 0.614. The highest BCUT2D eigenvalue weighted by molar-refractivity contribution is 6.32. The molecule has 0 heterocycles. The Morgan fingerprint density at radius 3 is 2.56 bits per heavy atom. The normalized spacial score (nSPS) is 20.7. The third-order valence-electron chi connectivity index (χ3n) is 6.68. The Bertz CT molecular complexity index is 1300. The molecule has 170 valence electrons. The Kier molecular flexibility index (Phi) is 6.51. The lowest BCUT2D eigenvalue weighted by atomic mass is 9.56. The number of fused-ring (bicyclic) bond motifs is 1. The van der Waals surface area contributed by atoms with Crippen LogP contribution in [0.2, 0.25) is 5.02 Å². The number of hydrogen-bond donors (Lipinski definition) is 1. The molecule has 0 saturated heterocycles. The van der Waals surface area contributed by atoms with Crippen LogP contribution < -0.4 is 15.2 Å². The maximum atomic E-state index is 10.2. The highest BCUT2D eigenvalue weighted by Gasteiger charge is 2.53. The molecule has 2 aliphatic carbocycles. The monoisotopic (exact) mass is 470 g/mol. The number of hydrogen-bond acceptors (Lipinski definition) is 6. The molecule has 2 aromatic rings. The van der Waals surface area contributed by atoms with Crippen molar-refractivity contribution in [3.63, 3.8) is 0 Å². The molecule has 0 fully saturated rings. The van der Waals surface area contributed by atoms with Gasteiger partial charge in [-0.3, -0.25) is 0 Å². The lowest BCUT2D eigenvalue weighted by Gasteiger charge is -2.43. The van der Waals surface area contributed by atoms with E-state index in [9.17, 15) is 15.8 Å². The van der Waals surface area contributed by atoms with E-state index in [-0.39, 0.29) is 23.8 Å². The summed E-state index contributed by atoms with van der Waals surface area (Å²) in [6.45, 7) is 0.182. The van der Waals surface area contributed by atoms with Crippen molar-refractivity contribution in [2.75, 3.05) is 7.11 Å². The van der Waals surface area contributed by atoms with Gasteiger partial charge in [0, 0.05) is 11.5 Å². The summed E-state index contributed by atoms with van der Waals surface area (Å²) in [6, 6.07) is 19.3. The average molecular weight is 471 g/mol. The Balaban J connectivity index is 1.82. The molecule has 0 bridgehead atoms. The summed E-state index contributed by atoms with van der Waals surface area (Å²) in [4.78, 5) is 0. The number of allylic oxidation sites excluding steroid dienone is 4. The van der Waals surface area contributed by atoms with Gasteiger partial charge in [0.05, 0.1) is 35.5 Å². The largest absolute Gasteiger partial charge is 0.496 e. The van der Waals surface area contributed by atoms with Crippen molar-refractivity contribution in [2.24, 2.45) is 17.1 Å². The highest BCUT2D eigenvalue weighted by Crippen LogP contribution is 2.56. The molecule has 0 amide bonds. The van der Waals surface area contributed by atoms with E-state index in [4.69, 9.17) is 26.8 Å². The molecule has 0 aromatic heterocycles. The van der Waals surface area contributed by atoms with Crippen LogP contribution in [0.15, 0.2) is 65.4 Å². The first kappa shape index (κ1) is 23.2. The second kappa shape index (κ2) is 9.52. The Labute approximate surface area is 204 Å². The summed E-state index contributed by atoms with van der Waals surface area (Å²) in [6.07, 6.45) is 4.53. The zero-order valence-corrected chi connectivity index (χ0v) is 19.5. The van der Waals surface area contributed by atoms with Gasteiger partial charge in [-0.05, 0) is 60.6 Å². The lowest BCUT2D eigenvalue weighted by Crippen LogP contribution is -2.42. The van der Waals surface area contributed by atoms with Crippen molar-refractivity contribution in [2.45, 2.75) is 31.8 Å². The standard InChI is InChI=1S/C27H23ClN4O2/c1-33-23-11-10-17(12-18(23)14-34-24-9-5-4-8-22(24)28)25-20-7-3-2-6-19(20)21(13-29)26(32)27(25,15-30)16-31/h4-6,8-12,20,25H,2-3,7,14,32H2,1H3/t20-,25+/m0/s1. The van der Waals surface area contributed by atoms with Gasteiger partial charge in [0.2, 0.25) is 0 Å². The van der Waals surface area contributed by atoms with Crippen molar-refractivity contribution >= 4 is 11.6 Å². The summed E-state index contributed by atoms with van der Waals surface area (Å²) in [5, 5.41) is 30.7. The minimum atomic E-state index is -1.65. The fourth-order valence-corrected chi connectivity index (χ4v) is 5.26. The van der Waals surface area contributed by atoms with Gasteiger partial charge in [0.15, 0.2) is 5.41 Å². The number of methoxy groups -OCH3 is 1. The van der Waals surface area contributed by atoms with Crippen LogP contribution in [0.4, 0.5) is 0 Å². The SMILES string of the molecule is COc1ccc([C@@H]2[C@H]3CCCC=C3C(C#N)=C(N)C2(C#N)C#N)cc1COc1ccccc1Cl. The second-order valence-corrected chi connectivity index (χ2v) is 8.80. The smallest absolute Gasteiger partial charge is 0.191 e. The first-order chi connectivity index (χ1) is 16.5. The predicted octanol–water partition coefficient (Wildman–Crippen LogP) is 5.52. The van der Waals surface area contributed by atoms with Crippen molar-refractivity contribution in [3.05, 3.63) is 81.5 Å². The zero-order valence-electron chi connectivity index (χ0n) is 18.7. The zero-order chi connectivity index (χ0) is 24.3. The van der Waals surface area contributed by atoms with Crippen LogP contribution in [0.25, 0.3) is 0 Å². The minimum Gasteiger partial charge on any atom is -0.496 e. The van der Waals surface area contributed by atoms with E-state index in [0.717, 1.165) is 36.0 Å². The number of para-hydroxylation sites is 1. The molecule has 0 saturated carbocycles. The van der Waals surface area contributed by atoms with Gasteiger partial charge in [0.1, 0.15) is 24.2 Å². The number of nitriles is 3. The van der Waals surface area contributed by atoms with Crippen LogP contribution in [0, 0.1) is 45.3 Å². The fourth-order valence-electron chi connectivity index (χ4n) is 5.07. The Morgan fingerprint density at radius 1 is 1.12 bits per heavy atom. The van der Waals surface area contributed by atoms with Crippen LogP contribution in [-0.4, -0.2) is 7.11 Å². The first-order valence-corrected chi connectivity index (χ1v) is 11.4. The van der Waals surface area contributed by atoms with Gasteiger partial charge in [-0.25, -0.2) is 0 Å². The third-order valence-corrected chi connectivity index (χ3v) is 6.99. The van der Waals surface area contributed by atoms with Gasteiger partial charge in [-0.1, -0.05) is 35.9 Å². The number of halogens is 1. The first-order valence-electron chi connectivity index (χ1n) is 11.0. The fraction of sp³-hybridized carbons (Fsp3) is 0.296. The van der Waals surface area contributed by atoms with Crippen molar-refractivity contribution in [3.8, 4) is 29.7 Å². The van der Waals surface area contributed by atoms with Crippen LogP contribution >= 0.6 is 11.6 Å². The van der Waals surface area contributed by atoms with Gasteiger partial charge in [-0.15, -0.1) is 0 Å². The lowest BCUT2D eigenvalue weighted by molar-refractivity contribution is 0.294. The molecule has 4 rings (SSSR count). The molecule has 2 atom stereocenters. The summed E-state index contributed by atoms with van der Waals surface area (Å²) >= 11 is 6.23. The molecule has 6 nitrogen and oxygen atoms in total. The van der Waals surface area contributed by atoms with Crippen LogP contribution in [0.5, 0.6) is 11.5 Å². The van der Waals surface area contributed by atoms with Gasteiger partial charge in [-0.2, -0.15) is 15.8 Å².